The van der Waals surface area contributed by atoms with Crippen molar-refractivity contribution in [2.75, 3.05) is 13.1 Å². The van der Waals surface area contributed by atoms with E-state index in [1.54, 1.807) is 0 Å². The Morgan fingerprint density at radius 1 is 0.929 bits per heavy atom. The van der Waals surface area contributed by atoms with Gasteiger partial charge in [0.15, 0.2) is 0 Å². The minimum atomic E-state index is 0.391. The molecule has 0 aromatic carbocycles. The summed E-state index contributed by atoms with van der Waals surface area (Å²) in [5, 5.41) is 0. The van der Waals surface area contributed by atoms with E-state index in [4.69, 9.17) is 0 Å². The third-order valence-electron chi connectivity index (χ3n) is 4.24. The number of nitrogens with zero attached hydrogens (tertiary/aromatic N) is 1. The number of likely N-dealkylation sites (tertiary alicyclic amines) is 1. The first-order valence-corrected chi connectivity index (χ1v) is 6.32. The molecule has 0 amide bonds. The summed E-state index contributed by atoms with van der Waals surface area (Å²) in [6.07, 6.45) is 7.46. The highest BCUT2D eigenvalue weighted by molar-refractivity contribution is 4.88. The quantitative estimate of drug-likeness (QED) is 0.573. The second-order valence-corrected chi connectivity index (χ2v) is 6.21. The lowest BCUT2D eigenvalue weighted by atomic mass is 9.74. The molecule has 2 fully saturated rings. The van der Waals surface area contributed by atoms with Crippen molar-refractivity contribution in [1.82, 2.24) is 4.90 Å². The number of hydrogen-bond donors (Lipinski definition) is 0. The normalized spacial score (nSPS) is 35.4. The van der Waals surface area contributed by atoms with Crippen LogP contribution in [0.25, 0.3) is 0 Å². The third kappa shape index (κ3) is 2.13. The number of hydrogen-bond acceptors (Lipinski definition) is 1. The zero-order chi connectivity index (χ0) is 10.2. The van der Waals surface area contributed by atoms with Crippen molar-refractivity contribution < 1.29 is 0 Å². The van der Waals surface area contributed by atoms with E-state index in [2.05, 4.69) is 25.7 Å². The Hall–Kier alpha value is -0.0400. The molecule has 2 aliphatic rings. The first kappa shape index (κ1) is 10.5. The number of rotatable bonds is 0. The first-order chi connectivity index (χ1) is 6.57. The maximum Gasteiger partial charge on any atom is 0.0125 e. The van der Waals surface area contributed by atoms with E-state index in [0.29, 0.717) is 5.54 Å². The zero-order valence-corrected chi connectivity index (χ0v) is 10.1. The molecule has 0 spiro atoms. The van der Waals surface area contributed by atoms with Gasteiger partial charge in [0.05, 0.1) is 0 Å². The average molecular weight is 195 g/mol. The molecule has 1 heteroatoms. The van der Waals surface area contributed by atoms with Gasteiger partial charge < -0.3 is 0 Å². The summed E-state index contributed by atoms with van der Waals surface area (Å²) in [6, 6.07) is 0. The van der Waals surface area contributed by atoms with Gasteiger partial charge in [-0.3, -0.25) is 4.90 Å². The van der Waals surface area contributed by atoms with Crippen molar-refractivity contribution in [2.45, 2.75) is 58.4 Å². The summed E-state index contributed by atoms with van der Waals surface area (Å²) in [5.41, 5.74) is 0.391. The molecule has 0 bridgehead atoms. The summed E-state index contributed by atoms with van der Waals surface area (Å²) in [7, 11) is 0. The van der Waals surface area contributed by atoms with Crippen molar-refractivity contribution in [3.63, 3.8) is 0 Å². The van der Waals surface area contributed by atoms with Crippen LogP contribution in [0, 0.1) is 11.8 Å². The van der Waals surface area contributed by atoms with E-state index < -0.39 is 0 Å². The van der Waals surface area contributed by atoms with Gasteiger partial charge in [0.25, 0.3) is 0 Å². The molecule has 1 nitrogen and oxygen atoms in total. The fourth-order valence-corrected chi connectivity index (χ4v) is 3.21. The number of piperidine rings is 1. The molecule has 2 atom stereocenters. The lowest BCUT2D eigenvalue weighted by molar-refractivity contribution is 0.0287. The molecule has 1 saturated heterocycles. The molecular formula is C13H25N. The molecule has 2 unspecified atom stereocenters. The second-order valence-electron chi connectivity index (χ2n) is 6.21. The van der Waals surface area contributed by atoms with Crippen molar-refractivity contribution in [2.24, 2.45) is 11.8 Å². The van der Waals surface area contributed by atoms with Gasteiger partial charge in [-0.2, -0.15) is 0 Å². The van der Waals surface area contributed by atoms with Crippen LogP contribution >= 0.6 is 0 Å². The second kappa shape index (κ2) is 3.84. The van der Waals surface area contributed by atoms with Crippen LogP contribution in [0.15, 0.2) is 0 Å². The van der Waals surface area contributed by atoms with E-state index in [-0.39, 0.29) is 0 Å². The largest absolute Gasteiger partial charge is 0.298 e. The van der Waals surface area contributed by atoms with Gasteiger partial charge in [-0.25, -0.2) is 0 Å². The number of fused-ring (bicyclic) bond motifs is 1. The van der Waals surface area contributed by atoms with E-state index in [0.717, 1.165) is 11.8 Å². The summed E-state index contributed by atoms with van der Waals surface area (Å²) in [6.45, 7) is 9.78. The molecule has 1 heterocycles. The SMILES string of the molecule is CC(C)(C)N1CCC2CCCCC2C1. The van der Waals surface area contributed by atoms with Crippen LogP contribution in [-0.2, 0) is 0 Å². The molecule has 0 aromatic rings. The van der Waals surface area contributed by atoms with E-state index in [1.165, 1.54) is 45.2 Å². The molecule has 0 N–H and O–H groups in total. The lowest BCUT2D eigenvalue weighted by Gasteiger charge is -2.46. The van der Waals surface area contributed by atoms with Crippen LogP contribution in [0.5, 0.6) is 0 Å². The predicted molar refractivity (Wildman–Crippen MR) is 61.4 cm³/mol. The Morgan fingerprint density at radius 3 is 2.21 bits per heavy atom. The molecule has 1 saturated carbocycles. The third-order valence-corrected chi connectivity index (χ3v) is 4.24. The highest BCUT2D eigenvalue weighted by Crippen LogP contribution is 2.37. The Bertz CT molecular complexity index is 192. The van der Waals surface area contributed by atoms with Gasteiger partial charge in [-0.1, -0.05) is 19.3 Å². The van der Waals surface area contributed by atoms with Gasteiger partial charge >= 0.3 is 0 Å². The van der Waals surface area contributed by atoms with Crippen molar-refractivity contribution in [1.29, 1.82) is 0 Å². The molecular weight excluding hydrogens is 170 g/mol. The standard InChI is InChI=1S/C13H25N/c1-13(2,3)14-9-8-11-6-4-5-7-12(11)10-14/h11-12H,4-10H2,1-3H3. The maximum absolute atomic E-state index is 2.69. The van der Waals surface area contributed by atoms with Crippen molar-refractivity contribution in [3.05, 3.63) is 0 Å². The Morgan fingerprint density at radius 2 is 1.57 bits per heavy atom. The predicted octanol–water partition coefficient (Wildman–Crippen LogP) is 3.30. The highest BCUT2D eigenvalue weighted by Gasteiger charge is 2.34. The Balaban J connectivity index is 1.96. The van der Waals surface area contributed by atoms with Gasteiger partial charge in [-0.15, -0.1) is 0 Å². The van der Waals surface area contributed by atoms with Crippen LogP contribution < -0.4 is 0 Å². The average Bonchev–Trinajstić information content (AvgIpc) is 2.16. The molecule has 82 valence electrons. The molecule has 14 heavy (non-hydrogen) atoms. The summed E-state index contributed by atoms with van der Waals surface area (Å²) in [4.78, 5) is 2.69. The van der Waals surface area contributed by atoms with E-state index >= 15 is 0 Å². The Labute approximate surface area is 88.9 Å². The van der Waals surface area contributed by atoms with Gasteiger partial charge in [0.2, 0.25) is 0 Å². The molecule has 1 aliphatic carbocycles. The first-order valence-electron chi connectivity index (χ1n) is 6.32. The monoisotopic (exact) mass is 195 g/mol. The van der Waals surface area contributed by atoms with Crippen LogP contribution in [-0.4, -0.2) is 23.5 Å². The molecule has 0 aromatic heterocycles. The van der Waals surface area contributed by atoms with E-state index in [9.17, 15) is 0 Å². The van der Waals surface area contributed by atoms with Crippen LogP contribution in [0.2, 0.25) is 0 Å². The fourth-order valence-electron chi connectivity index (χ4n) is 3.21. The fraction of sp³-hybridized carbons (Fsp3) is 1.00. The lowest BCUT2D eigenvalue weighted by Crippen LogP contribution is -2.50. The van der Waals surface area contributed by atoms with Crippen molar-refractivity contribution >= 4 is 0 Å². The van der Waals surface area contributed by atoms with Gasteiger partial charge in [0.1, 0.15) is 0 Å². The van der Waals surface area contributed by atoms with E-state index in [1.807, 2.05) is 0 Å². The summed E-state index contributed by atoms with van der Waals surface area (Å²) >= 11 is 0. The maximum atomic E-state index is 2.69. The minimum absolute atomic E-state index is 0.391. The zero-order valence-electron chi connectivity index (χ0n) is 10.1. The summed E-state index contributed by atoms with van der Waals surface area (Å²) in [5.74, 6) is 2.10. The highest BCUT2D eigenvalue weighted by atomic mass is 15.2. The van der Waals surface area contributed by atoms with Gasteiger partial charge in [0, 0.05) is 12.1 Å². The smallest absolute Gasteiger partial charge is 0.0125 e. The molecule has 1 aliphatic heterocycles. The van der Waals surface area contributed by atoms with Gasteiger partial charge in [-0.05, 0) is 52.0 Å². The van der Waals surface area contributed by atoms with Crippen LogP contribution in [0.4, 0.5) is 0 Å². The minimum Gasteiger partial charge on any atom is -0.298 e. The van der Waals surface area contributed by atoms with Crippen LogP contribution in [0.1, 0.15) is 52.9 Å². The topological polar surface area (TPSA) is 3.24 Å². The van der Waals surface area contributed by atoms with Crippen molar-refractivity contribution in [3.8, 4) is 0 Å². The summed E-state index contributed by atoms with van der Waals surface area (Å²) < 4.78 is 0. The molecule has 0 radical (unpaired) electrons. The molecule has 2 rings (SSSR count). The Kier molecular flexibility index (Phi) is 2.88. The van der Waals surface area contributed by atoms with Crippen LogP contribution in [0.3, 0.4) is 0 Å².